The van der Waals surface area contributed by atoms with E-state index in [1.54, 1.807) is 7.11 Å². The van der Waals surface area contributed by atoms with E-state index in [1.165, 1.54) is 11.1 Å². The summed E-state index contributed by atoms with van der Waals surface area (Å²) in [6, 6.07) is 8.61. The first kappa shape index (κ1) is 15.4. The molecule has 0 radical (unpaired) electrons. The minimum Gasteiger partial charge on any atom is -0.380 e. The van der Waals surface area contributed by atoms with E-state index in [9.17, 15) is 0 Å². The molecule has 3 N–H and O–H groups in total. The molecule has 1 fully saturated rings. The van der Waals surface area contributed by atoms with Gasteiger partial charge in [-0.05, 0) is 30.9 Å². The highest BCUT2D eigenvalue weighted by atomic mass is 16.5. The molecule has 4 nitrogen and oxygen atoms in total. The van der Waals surface area contributed by atoms with Crippen molar-refractivity contribution in [2.75, 3.05) is 26.8 Å². The molecular formula is C16H26N2O2. The molecule has 0 bridgehead atoms. The molecule has 1 saturated heterocycles. The molecular weight excluding hydrogens is 252 g/mol. The molecule has 0 aromatic heterocycles. The first-order valence-electron chi connectivity index (χ1n) is 7.32. The molecule has 2 atom stereocenters. The maximum absolute atomic E-state index is 5.90. The van der Waals surface area contributed by atoms with Crippen LogP contribution in [0.15, 0.2) is 24.3 Å². The number of methoxy groups -OCH3 is 1. The third-order valence-corrected chi connectivity index (χ3v) is 3.95. The smallest absolute Gasteiger partial charge is 0.0779 e. The minimum atomic E-state index is -0.0383. The van der Waals surface area contributed by atoms with Crippen LogP contribution in [0.1, 0.15) is 36.9 Å². The molecule has 0 amide bonds. The van der Waals surface area contributed by atoms with E-state index in [1.807, 2.05) is 0 Å². The summed E-state index contributed by atoms with van der Waals surface area (Å²) in [5, 5.41) is 3.54. The zero-order valence-electron chi connectivity index (χ0n) is 12.5. The van der Waals surface area contributed by atoms with Crippen LogP contribution in [-0.4, -0.2) is 32.4 Å². The molecule has 1 aromatic carbocycles. The fourth-order valence-corrected chi connectivity index (χ4v) is 2.67. The highest BCUT2D eigenvalue weighted by Gasteiger charge is 2.30. The van der Waals surface area contributed by atoms with E-state index in [0.717, 1.165) is 26.0 Å². The summed E-state index contributed by atoms with van der Waals surface area (Å²) >= 11 is 0. The summed E-state index contributed by atoms with van der Waals surface area (Å²) in [6.45, 7) is 5.11. The molecule has 0 aliphatic carbocycles. The Morgan fingerprint density at radius 3 is 2.70 bits per heavy atom. The second-order valence-electron chi connectivity index (χ2n) is 5.75. The third kappa shape index (κ3) is 4.03. The lowest BCUT2D eigenvalue weighted by Gasteiger charge is -2.27. The van der Waals surface area contributed by atoms with E-state index >= 15 is 0 Å². The Morgan fingerprint density at radius 1 is 1.40 bits per heavy atom. The van der Waals surface area contributed by atoms with E-state index in [0.29, 0.717) is 13.2 Å². The molecule has 4 heteroatoms. The number of hydrogen-bond acceptors (Lipinski definition) is 4. The molecule has 2 unspecified atom stereocenters. The van der Waals surface area contributed by atoms with Crippen LogP contribution in [0.2, 0.25) is 0 Å². The van der Waals surface area contributed by atoms with Crippen molar-refractivity contribution in [1.82, 2.24) is 5.32 Å². The Balaban J connectivity index is 1.93. The van der Waals surface area contributed by atoms with Crippen LogP contribution in [0, 0.1) is 0 Å². The van der Waals surface area contributed by atoms with Crippen molar-refractivity contribution in [3.8, 4) is 0 Å². The van der Waals surface area contributed by atoms with Crippen LogP contribution >= 0.6 is 0 Å². The van der Waals surface area contributed by atoms with E-state index in [-0.39, 0.29) is 11.6 Å². The van der Waals surface area contributed by atoms with Crippen molar-refractivity contribution in [3.63, 3.8) is 0 Å². The standard InChI is InChI=1S/C16H26N2O2/c1-16(8-3-9-20-16)12-18-15(10-17)14-6-4-13(5-7-14)11-19-2/h4-7,15,18H,3,8-12,17H2,1-2H3. The zero-order valence-corrected chi connectivity index (χ0v) is 12.5. The van der Waals surface area contributed by atoms with Crippen LogP contribution in [0.25, 0.3) is 0 Å². The van der Waals surface area contributed by atoms with Gasteiger partial charge >= 0.3 is 0 Å². The second-order valence-corrected chi connectivity index (χ2v) is 5.75. The van der Waals surface area contributed by atoms with Gasteiger partial charge < -0.3 is 20.5 Å². The third-order valence-electron chi connectivity index (χ3n) is 3.95. The van der Waals surface area contributed by atoms with Gasteiger partial charge in [0.2, 0.25) is 0 Å². The van der Waals surface area contributed by atoms with Gasteiger partial charge in [-0.2, -0.15) is 0 Å². The van der Waals surface area contributed by atoms with Gasteiger partial charge in [0, 0.05) is 32.8 Å². The van der Waals surface area contributed by atoms with Gasteiger partial charge in [0.1, 0.15) is 0 Å². The first-order chi connectivity index (χ1) is 9.67. The van der Waals surface area contributed by atoms with E-state index in [4.69, 9.17) is 15.2 Å². The Bertz CT molecular complexity index is 399. The predicted molar refractivity (Wildman–Crippen MR) is 80.5 cm³/mol. The van der Waals surface area contributed by atoms with Crippen molar-refractivity contribution in [1.29, 1.82) is 0 Å². The Morgan fingerprint density at radius 2 is 2.15 bits per heavy atom. The normalized spacial score (nSPS) is 23.9. The van der Waals surface area contributed by atoms with Gasteiger partial charge in [-0.1, -0.05) is 24.3 Å². The van der Waals surface area contributed by atoms with Crippen LogP contribution in [-0.2, 0) is 16.1 Å². The van der Waals surface area contributed by atoms with Gasteiger partial charge in [-0.15, -0.1) is 0 Å². The van der Waals surface area contributed by atoms with E-state index < -0.39 is 0 Å². The lowest BCUT2D eigenvalue weighted by molar-refractivity contribution is 0.0189. The largest absolute Gasteiger partial charge is 0.380 e. The van der Waals surface area contributed by atoms with Gasteiger partial charge in [-0.3, -0.25) is 0 Å². The number of rotatable bonds is 7. The summed E-state index contributed by atoms with van der Waals surface area (Å²) < 4.78 is 10.9. The molecule has 1 aliphatic rings. The van der Waals surface area contributed by atoms with Crippen molar-refractivity contribution in [3.05, 3.63) is 35.4 Å². The lowest BCUT2D eigenvalue weighted by Crippen LogP contribution is -2.40. The van der Waals surface area contributed by atoms with E-state index in [2.05, 4.69) is 36.5 Å². The Hall–Kier alpha value is -0.940. The minimum absolute atomic E-state index is 0.0383. The van der Waals surface area contributed by atoms with Crippen molar-refractivity contribution in [2.24, 2.45) is 5.73 Å². The SMILES string of the molecule is COCc1ccc(C(CN)NCC2(C)CCCO2)cc1. The number of ether oxygens (including phenoxy) is 2. The van der Waals surface area contributed by atoms with Crippen LogP contribution in [0.3, 0.4) is 0 Å². The summed E-state index contributed by atoms with van der Waals surface area (Å²) in [7, 11) is 1.71. The number of benzene rings is 1. The Labute approximate surface area is 121 Å². The van der Waals surface area contributed by atoms with Crippen molar-refractivity contribution < 1.29 is 9.47 Å². The molecule has 112 valence electrons. The maximum atomic E-state index is 5.90. The second kappa shape index (κ2) is 7.18. The highest BCUT2D eigenvalue weighted by molar-refractivity contribution is 5.25. The molecule has 0 spiro atoms. The quantitative estimate of drug-likeness (QED) is 0.801. The monoisotopic (exact) mass is 278 g/mol. The maximum Gasteiger partial charge on any atom is 0.0779 e. The zero-order chi connectivity index (χ0) is 14.4. The Kier molecular flexibility index (Phi) is 5.54. The first-order valence-corrected chi connectivity index (χ1v) is 7.32. The number of nitrogens with two attached hydrogens (primary N) is 1. The van der Waals surface area contributed by atoms with Crippen LogP contribution in [0.4, 0.5) is 0 Å². The average molecular weight is 278 g/mol. The average Bonchev–Trinajstić information content (AvgIpc) is 2.89. The molecule has 0 saturated carbocycles. The fraction of sp³-hybridized carbons (Fsp3) is 0.625. The van der Waals surface area contributed by atoms with Gasteiger partial charge in [-0.25, -0.2) is 0 Å². The van der Waals surface area contributed by atoms with Crippen LogP contribution in [0.5, 0.6) is 0 Å². The summed E-state index contributed by atoms with van der Waals surface area (Å²) in [5.41, 5.74) is 8.26. The molecule has 1 aromatic rings. The lowest BCUT2D eigenvalue weighted by atomic mass is 10.0. The van der Waals surface area contributed by atoms with Gasteiger partial charge in [0.05, 0.1) is 12.2 Å². The summed E-state index contributed by atoms with van der Waals surface area (Å²) in [5.74, 6) is 0. The topological polar surface area (TPSA) is 56.5 Å². The predicted octanol–water partition coefficient (Wildman–Crippen LogP) is 1.99. The molecule has 20 heavy (non-hydrogen) atoms. The number of hydrogen-bond donors (Lipinski definition) is 2. The van der Waals surface area contributed by atoms with Crippen molar-refractivity contribution >= 4 is 0 Å². The van der Waals surface area contributed by atoms with Gasteiger partial charge in [0.15, 0.2) is 0 Å². The molecule has 2 rings (SSSR count). The molecule has 1 aliphatic heterocycles. The summed E-state index contributed by atoms with van der Waals surface area (Å²) in [4.78, 5) is 0. The van der Waals surface area contributed by atoms with Crippen molar-refractivity contribution in [2.45, 2.75) is 38.0 Å². The summed E-state index contributed by atoms with van der Waals surface area (Å²) in [6.07, 6.45) is 2.27. The fourth-order valence-electron chi connectivity index (χ4n) is 2.67. The number of nitrogens with one attached hydrogen (secondary N) is 1. The van der Waals surface area contributed by atoms with Crippen LogP contribution < -0.4 is 11.1 Å². The molecule has 1 heterocycles. The van der Waals surface area contributed by atoms with Gasteiger partial charge in [0.25, 0.3) is 0 Å². The highest BCUT2D eigenvalue weighted by Crippen LogP contribution is 2.25.